The molecule has 1 aliphatic carbocycles. The lowest BCUT2D eigenvalue weighted by atomic mass is 9.79. The lowest BCUT2D eigenvalue weighted by Gasteiger charge is -2.40. The van der Waals surface area contributed by atoms with Crippen LogP contribution in [0.5, 0.6) is 0 Å². The van der Waals surface area contributed by atoms with Gasteiger partial charge in [-0.25, -0.2) is 0 Å². The molecule has 0 aromatic heterocycles. The predicted molar refractivity (Wildman–Crippen MR) is 60.8 cm³/mol. The van der Waals surface area contributed by atoms with Crippen LogP contribution in [0.25, 0.3) is 0 Å². The van der Waals surface area contributed by atoms with Crippen LogP contribution in [0.3, 0.4) is 0 Å². The fraction of sp³-hybridized carbons (Fsp3) is 0.700. The van der Waals surface area contributed by atoms with Gasteiger partial charge in [-0.2, -0.15) is 0 Å². The standard InChI is InChI=1S/C10H18N2S/c1-8(2)7-11-9(13)12-10(3)5-4-6-10/h1,4-7H2,2-3H3,(H2,11,12,13). The van der Waals surface area contributed by atoms with Crippen LogP contribution in [0.15, 0.2) is 12.2 Å². The van der Waals surface area contributed by atoms with Gasteiger partial charge in [0, 0.05) is 12.1 Å². The van der Waals surface area contributed by atoms with Crippen molar-refractivity contribution in [1.82, 2.24) is 10.6 Å². The largest absolute Gasteiger partial charge is 0.359 e. The van der Waals surface area contributed by atoms with Crippen molar-refractivity contribution < 1.29 is 0 Å². The molecule has 1 saturated carbocycles. The zero-order valence-corrected chi connectivity index (χ0v) is 9.26. The number of rotatable bonds is 3. The average Bonchev–Trinajstić information content (AvgIpc) is 1.98. The van der Waals surface area contributed by atoms with E-state index in [1.807, 2.05) is 6.92 Å². The van der Waals surface area contributed by atoms with Crippen molar-refractivity contribution >= 4 is 17.3 Å². The number of hydrogen-bond donors (Lipinski definition) is 2. The van der Waals surface area contributed by atoms with Gasteiger partial charge in [-0.1, -0.05) is 12.2 Å². The zero-order valence-electron chi connectivity index (χ0n) is 8.44. The highest BCUT2D eigenvalue weighted by Crippen LogP contribution is 2.30. The molecule has 0 aliphatic heterocycles. The average molecular weight is 198 g/mol. The highest BCUT2D eigenvalue weighted by Gasteiger charge is 2.31. The molecule has 0 spiro atoms. The lowest BCUT2D eigenvalue weighted by molar-refractivity contribution is 0.243. The van der Waals surface area contributed by atoms with Gasteiger partial charge in [0.15, 0.2) is 5.11 Å². The van der Waals surface area contributed by atoms with Gasteiger partial charge >= 0.3 is 0 Å². The first-order valence-corrected chi connectivity index (χ1v) is 5.13. The second-order valence-electron chi connectivity index (χ2n) is 4.18. The second-order valence-corrected chi connectivity index (χ2v) is 4.59. The summed E-state index contributed by atoms with van der Waals surface area (Å²) in [4.78, 5) is 0. The molecule has 0 atom stereocenters. The fourth-order valence-electron chi connectivity index (χ4n) is 1.38. The van der Waals surface area contributed by atoms with Gasteiger partial charge in [0.1, 0.15) is 0 Å². The summed E-state index contributed by atoms with van der Waals surface area (Å²) in [5, 5.41) is 7.21. The third-order valence-electron chi connectivity index (χ3n) is 2.42. The number of nitrogens with one attached hydrogen (secondary N) is 2. The SMILES string of the molecule is C=C(C)CNC(=S)NC1(C)CCC1. The van der Waals surface area contributed by atoms with Crippen LogP contribution >= 0.6 is 12.2 Å². The summed E-state index contributed by atoms with van der Waals surface area (Å²) in [7, 11) is 0. The lowest BCUT2D eigenvalue weighted by Crippen LogP contribution is -2.54. The van der Waals surface area contributed by atoms with Gasteiger partial charge in [-0.15, -0.1) is 0 Å². The molecule has 1 rings (SSSR count). The molecule has 2 N–H and O–H groups in total. The van der Waals surface area contributed by atoms with Crippen molar-refractivity contribution in [2.45, 2.75) is 38.6 Å². The van der Waals surface area contributed by atoms with E-state index in [2.05, 4.69) is 24.1 Å². The van der Waals surface area contributed by atoms with E-state index in [1.165, 1.54) is 19.3 Å². The molecule has 0 bridgehead atoms. The minimum atomic E-state index is 0.249. The number of hydrogen-bond acceptors (Lipinski definition) is 1. The van der Waals surface area contributed by atoms with Crippen molar-refractivity contribution in [2.24, 2.45) is 0 Å². The highest BCUT2D eigenvalue weighted by molar-refractivity contribution is 7.80. The summed E-state index contributed by atoms with van der Waals surface area (Å²) < 4.78 is 0. The first-order valence-electron chi connectivity index (χ1n) is 4.72. The van der Waals surface area contributed by atoms with Gasteiger partial charge in [0.25, 0.3) is 0 Å². The van der Waals surface area contributed by atoms with Crippen LogP contribution in [0.1, 0.15) is 33.1 Å². The smallest absolute Gasteiger partial charge is 0.166 e. The maximum Gasteiger partial charge on any atom is 0.166 e. The molecule has 1 fully saturated rings. The molecule has 0 unspecified atom stereocenters. The molecule has 0 aromatic carbocycles. The molecule has 2 nitrogen and oxygen atoms in total. The zero-order chi connectivity index (χ0) is 9.90. The van der Waals surface area contributed by atoms with Crippen LogP contribution in [-0.2, 0) is 0 Å². The summed E-state index contributed by atoms with van der Waals surface area (Å²) in [6, 6.07) is 0. The molecular formula is C10H18N2S. The minimum absolute atomic E-state index is 0.249. The number of thiocarbonyl (C=S) groups is 1. The predicted octanol–water partition coefficient (Wildman–Crippen LogP) is 1.97. The minimum Gasteiger partial charge on any atom is -0.359 e. The van der Waals surface area contributed by atoms with Crippen LogP contribution < -0.4 is 10.6 Å². The van der Waals surface area contributed by atoms with Crippen LogP contribution in [-0.4, -0.2) is 17.2 Å². The van der Waals surface area contributed by atoms with Crippen molar-refractivity contribution in [3.8, 4) is 0 Å². The van der Waals surface area contributed by atoms with E-state index >= 15 is 0 Å². The second kappa shape index (κ2) is 4.09. The van der Waals surface area contributed by atoms with Crippen molar-refractivity contribution in [2.75, 3.05) is 6.54 Å². The summed E-state index contributed by atoms with van der Waals surface area (Å²) in [6.45, 7) is 8.77. The monoisotopic (exact) mass is 198 g/mol. The van der Waals surface area contributed by atoms with Gasteiger partial charge in [0.05, 0.1) is 0 Å². The van der Waals surface area contributed by atoms with E-state index in [0.29, 0.717) is 0 Å². The van der Waals surface area contributed by atoms with Gasteiger partial charge in [0.2, 0.25) is 0 Å². The third-order valence-corrected chi connectivity index (χ3v) is 2.67. The Morgan fingerprint density at radius 2 is 2.15 bits per heavy atom. The van der Waals surface area contributed by atoms with Gasteiger partial charge in [-0.05, 0) is 45.3 Å². The Hall–Kier alpha value is -0.570. The Labute approximate surface area is 85.8 Å². The molecular weight excluding hydrogens is 180 g/mol. The first kappa shape index (κ1) is 10.5. The Kier molecular flexibility index (Phi) is 3.31. The summed E-state index contributed by atoms with van der Waals surface area (Å²) >= 11 is 5.16. The van der Waals surface area contributed by atoms with Crippen molar-refractivity contribution in [3.05, 3.63) is 12.2 Å². The summed E-state index contributed by atoms with van der Waals surface area (Å²) in [5.41, 5.74) is 1.35. The summed E-state index contributed by atoms with van der Waals surface area (Å²) in [5.74, 6) is 0. The normalized spacial score (nSPS) is 18.6. The summed E-state index contributed by atoms with van der Waals surface area (Å²) in [6.07, 6.45) is 3.76. The maximum absolute atomic E-state index is 5.16. The van der Waals surface area contributed by atoms with Crippen molar-refractivity contribution in [1.29, 1.82) is 0 Å². The van der Waals surface area contributed by atoms with Gasteiger partial charge < -0.3 is 10.6 Å². The molecule has 0 amide bonds. The van der Waals surface area contributed by atoms with Crippen molar-refractivity contribution in [3.63, 3.8) is 0 Å². The van der Waals surface area contributed by atoms with E-state index in [4.69, 9.17) is 12.2 Å². The van der Waals surface area contributed by atoms with Crippen LogP contribution in [0.4, 0.5) is 0 Å². The fourth-order valence-corrected chi connectivity index (χ4v) is 1.70. The van der Waals surface area contributed by atoms with Crippen LogP contribution in [0, 0.1) is 0 Å². The molecule has 1 aliphatic rings. The van der Waals surface area contributed by atoms with Gasteiger partial charge in [-0.3, -0.25) is 0 Å². The topological polar surface area (TPSA) is 24.1 Å². The maximum atomic E-state index is 5.16. The van der Waals surface area contributed by atoms with Crippen LogP contribution in [0.2, 0.25) is 0 Å². The molecule has 0 heterocycles. The van der Waals surface area contributed by atoms with E-state index in [0.717, 1.165) is 17.2 Å². The first-order chi connectivity index (χ1) is 6.02. The molecule has 13 heavy (non-hydrogen) atoms. The highest BCUT2D eigenvalue weighted by atomic mass is 32.1. The van der Waals surface area contributed by atoms with E-state index < -0.39 is 0 Å². The Balaban J connectivity index is 2.21. The molecule has 0 aromatic rings. The van der Waals surface area contributed by atoms with E-state index in [1.54, 1.807) is 0 Å². The quantitative estimate of drug-likeness (QED) is 0.535. The Bertz CT molecular complexity index is 219. The van der Waals surface area contributed by atoms with E-state index in [9.17, 15) is 0 Å². The molecule has 3 heteroatoms. The Morgan fingerprint density at radius 3 is 2.54 bits per heavy atom. The van der Waals surface area contributed by atoms with E-state index in [-0.39, 0.29) is 5.54 Å². The Morgan fingerprint density at radius 1 is 1.54 bits per heavy atom. The molecule has 0 saturated heterocycles. The third kappa shape index (κ3) is 3.35. The molecule has 0 radical (unpaired) electrons. The molecule has 74 valence electrons.